The third kappa shape index (κ3) is 3.54. The molecule has 1 aliphatic carbocycles. The van der Waals surface area contributed by atoms with E-state index in [-0.39, 0.29) is 30.6 Å². The predicted octanol–water partition coefficient (Wildman–Crippen LogP) is 4.61. The molecule has 2 rings (SSSR count). The van der Waals surface area contributed by atoms with Crippen LogP contribution in [0.4, 0.5) is 13.2 Å². The maximum atomic E-state index is 13.5. The molecule has 1 nitrogen and oxygen atoms in total. The second-order valence-electron chi connectivity index (χ2n) is 5.73. The Morgan fingerprint density at radius 2 is 1.95 bits per heavy atom. The van der Waals surface area contributed by atoms with E-state index in [9.17, 15) is 13.2 Å². The van der Waals surface area contributed by atoms with Crippen molar-refractivity contribution in [3.63, 3.8) is 0 Å². The van der Waals surface area contributed by atoms with Crippen LogP contribution in [0.2, 0.25) is 0 Å². The van der Waals surface area contributed by atoms with E-state index in [0.717, 1.165) is 17.7 Å². The molecule has 1 aliphatic rings. The van der Waals surface area contributed by atoms with E-state index >= 15 is 0 Å². The summed E-state index contributed by atoms with van der Waals surface area (Å²) in [6.07, 6.45) is 0.850. The van der Waals surface area contributed by atoms with Gasteiger partial charge in [-0.3, -0.25) is 0 Å². The molecule has 1 atom stereocenters. The summed E-state index contributed by atoms with van der Waals surface area (Å²) in [5, 5.41) is 3.35. The summed E-state index contributed by atoms with van der Waals surface area (Å²) in [5.41, 5.74) is 1.91. The van der Waals surface area contributed by atoms with Gasteiger partial charge in [-0.05, 0) is 55.5 Å². The number of hydrogen-bond acceptors (Lipinski definition) is 1. The van der Waals surface area contributed by atoms with Gasteiger partial charge in [-0.15, -0.1) is 0 Å². The van der Waals surface area contributed by atoms with Gasteiger partial charge in [-0.1, -0.05) is 13.0 Å². The monoisotopic (exact) mass is 285 g/mol. The first-order valence-electron chi connectivity index (χ1n) is 7.30. The smallest absolute Gasteiger partial charge is 0.248 e. The molecular formula is C16H22F3N. The minimum atomic E-state index is -2.52. The highest BCUT2D eigenvalue weighted by atomic mass is 19.3. The summed E-state index contributed by atoms with van der Waals surface area (Å²) in [6.45, 7) is 4.67. The Kier molecular flexibility index (Phi) is 4.74. The molecule has 0 bridgehead atoms. The zero-order valence-electron chi connectivity index (χ0n) is 12.1. The maximum Gasteiger partial charge on any atom is 0.248 e. The number of aryl methyl sites for hydroxylation is 1. The fourth-order valence-corrected chi connectivity index (χ4v) is 3.09. The molecule has 0 radical (unpaired) electrons. The van der Waals surface area contributed by atoms with E-state index in [0.29, 0.717) is 12.8 Å². The van der Waals surface area contributed by atoms with Crippen molar-refractivity contribution in [3.8, 4) is 0 Å². The largest absolute Gasteiger partial charge is 0.310 e. The van der Waals surface area contributed by atoms with E-state index in [4.69, 9.17) is 0 Å². The molecule has 0 saturated heterocycles. The average Bonchev–Trinajstić information content (AvgIpc) is 2.40. The summed E-state index contributed by atoms with van der Waals surface area (Å²) in [5.74, 6) is -2.64. The van der Waals surface area contributed by atoms with Crippen molar-refractivity contribution in [2.24, 2.45) is 5.92 Å². The van der Waals surface area contributed by atoms with Gasteiger partial charge in [0.1, 0.15) is 5.82 Å². The first-order chi connectivity index (χ1) is 9.43. The molecule has 0 aromatic heterocycles. The van der Waals surface area contributed by atoms with E-state index in [1.807, 2.05) is 13.8 Å². The summed E-state index contributed by atoms with van der Waals surface area (Å²) < 4.78 is 40.1. The lowest BCUT2D eigenvalue weighted by atomic mass is 9.78. The topological polar surface area (TPSA) is 12.0 Å². The van der Waals surface area contributed by atoms with Crippen LogP contribution in [0.25, 0.3) is 0 Å². The zero-order valence-corrected chi connectivity index (χ0v) is 12.1. The van der Waals surface area contributed by atoms with Gasteiger partial charge in [-0.2, -0.15) is 0 Å². The lowest BCUT2D eigenvalue weighted by Gasteiger charge is -2.35. The van der Waals surface area contributed by atoms with Crippen molar-refractivity contribution in [1.82, 2.24) is 5.32 Å². The molecule has 1 fully saturated rings. The van der Waals surface area contributed by atoms with Crippen LogP contribution < -0.4 is 5.32 Å². The number of alkyl halides is 2. The second-order valence-corrected chi connectivity index (χ2v) is 5.73. The fourth-order valence-electron chi connectivity index (χ4n) is 3.09. The molecule has 1 aromatic carbocycles. The predicted molar refractivity (Wildman–Crippen MR) is 74.5 cm³/mol. The Labute approximate surface area is 118 Å². The highest BCUT2D eigenvalue weighted by molar-refractivity contribution is 5.30. The average molecular weight is 285 g/mol. The lowest BCUT2D eigenvalue weighted by molar-refractivity contribution is -0.0497. The Hall–Kier alpha value is -1.03. The molecule has 112 valence electrons. The van der Waals surface area contributed by atoms with Crippen LogP contribution in [0, 0.1) is 18.7 Å². The molecule has 0 spiro atoms. The molecule has 1 saturated carbocycles. The van der Waals surface area contributed by atoms with Crippen LogP contribution in [0.3, 0.4) is 0 Å². The van der Waals surface area contributed by atoms with Crippen LogP contribution in [-0.4, -0.2) is 12.5 Å². The van der Waals surface area contributed by atoms with Gasteiger partial charge in [0.2, 0.25) is 5.92 Å². The molecule has 1 unspecified atom stereocenters. The molecule has 1 aromatic rings. The first-order valence-corrected chi connectivity index (χ1v) is 7.30. The zero-order chi connectivity index (χ0) is 14.8. The van der Waals surface area contributed by atoms with Crippen molar-refractivity contribution in [2.45, 2.75) is 51.5 Å². The van der Waals surface area contributed by atoms with Crippen LogP contribution in [-0.2, 0) is 0 Å². The SMILES string of the molecule is CCNC(c1cc(F)ccc1C)C1CCC(F)(F)CC1. The Balaban J connectivity index is 2.21. The van der Waals surface area contributed by atoms with E-state index in [2.05, 4.69) is 5.32 Å². The van der Waals surface area contributed by atoms with Crippen LogP contribution in [0.15, 0.2) is 18.2 Å². The van der Waals surface area contributed by atoms with Gasteiger partial charge >= 0.3 is 0 Å². The molecule has 0 amide bonds. The highest BCUT2D eigenvalue weighted by Gasteiger charge is 2.38. The van der Waals surface area contributed by atoms with Crippen molar-refractivity contribution in [2.75, 3.05) is 6.54 Å². The van der Waals surface area contributed by atoms with Crippen LogP contribution in [0.5, 0.6) is 0 Å². The van der Waals surface area contributed by atoms with Gasteiger partial charge < -0.3 is 5.32 Å². The summed E-state index contributed by atoms with van der Waals surface area (Å²) >= 11 is 0. The van der Waals surface area contributed by atoms with Gasteiger partial charge in [0.25, 0.3) is 0 Å². The summed E-state index contributed by atoms with van der Waals surface area (Å²) in [6, 6.07) is 4.70. The third-order valence-corrected chi connectivity index (χ3v) is 4.23. The lowest BCUT2D eigenvalue weighted by Crippen LogP contribution is -2.34. The Bertz CT molecular complexity index is 449. The van der Waals surface area contributed by atoms with Gasteiger partial charge in [-0.25, -0.2) is 13.2 Å². The van der Waals surface area contributed by atoms with Crippen molar-refractivity contribution in [3.05, 3.63) is 35.1 Å². The standard InChI is InChI=1S/C16H22F3N/c1-3-20-15(12-6-8-16(18,19)9-7-12)14-10-13(17)5-4-11(14)2/h4-5,10,12,15,20H,3,6-9H2,1-2H3. The number of halogens is 3. The molecule has 20 heavy (non-hydrogen) atoms. The third-order valence-electron chi connectivity index (χ3n) is 4.23. The van der Waals surface area contributed by atoms with Crippen molar-refractivity contribution < 1.29 is 13.2 Å². The molecule has 0 aliphatic heterocycles. The normalized spacial score (nSPS) is 20.9. The van der Waals surface area contributed by atoms with Crippen molar-refractivity contribution >= 4 is 0 Å². The quantitative estimate of drug-likeness (QED) is 0.851. The van der Waals surface area contributed by atoms with Gasteiger partial charge in [0.05, 0.1) is 0 Å². The van der Waals surface area contributed by atoms with Crippen LogP contribution in [0.1, 0.15) is 49.8 Å². The number of hydrogen-bond donors (Lipinski definition) is 1. The van der Waals surface area contributed by atoms with Gasteiger partial charge in [0.15, 0.2) is 0 Å². The Morgan fingerprint density at radius 3 is 2.55 bits per heavy atom. The molecular weight excluding hydrogens is 263 g/mol. The summed E-state index contributed by atoms with van der Waals surface area (Å²) in [7, 11) is 0. The number of nitrogens with one attached hydrogen (secondary N) is 1. The highest BCUT2D eigenvalue weighted by Crippen LogP contribution is 2.41. The van der Waals surface area contributed by atoms with Crippen LogP contribution >= 0.6 is 0 Å². The minimum Gasteiger partial charge on any atom is -0.310 e. The van der Waals surface area contributed by atoms with E-state index < -0.39 is 5.92 Å². The van der Waals surface area contributed by atoms with Gasteiger partial charge in [0, 0.05) is 18.9 Å². The summed E-state index contributed by atoms with van der Waals surface area (Å²) in [4.78, 5) is 0. The maximum absolute atomic E-state index is 13.5. The number of rotatable bonds is 4. The molecule has 4 heteroatoms. The second kappa shape index (κ2) is 6.17. The van der Waals surface area contributed by atoms with Crippen molar-refractivity contribution in [1.29, 1.82) is 0 Å². The molecule has 0 heterocycles. The van der Waals surface area contributed by atoms with E-state index in [1.165, 1.54) is 12.1 Å². The van der Waals surface area contributed by atoms with E-state index in [1.54, 1.807) is 6.07 Å². The Morgan fingerprint density at radius 1 is 1.30 bits per heavy atom. The molecule has 1 N–H and O–H groups in total. The fraction of sp³-hybridized carbons (Fsp3) is 0.625. The minimum absolute atomic E-state index is 0.0354. The first kappa shape index (κ1) is 15.4. The number of benzene rings is 1.